The lowest BCUT2D eigenvalue weighted by Gasteiger charge is -2.40. The number of nitrogens with zero attached hydrogens (tertiary/aromatic N) is 2. The number of benzene rings is 1. The molecule has 2 aliphatic heterocycles. The van der Waals surface area contributed by atoms with Gasteiger partial charge >= 0.3 is 0 Å². The van der Waals surface area contributed by atoms with Gasteiger partial charge in [-0.1, -0.05) is 0 Å². The Balaban J connectivity index is 1.99. The molecule has 3 atom stereocenters. The molecule has 0 fully saturated rings. The number of hydrogen-bond acceptors (Lipinski definition) is 5. The lowest BCUT2D eigenvalue weighted by Crippen LogP contribution is -2.47. The van der Waals surface area contributed by atoms with Crippen molar-refractivity contribution in [3.8, 4) is 11.8 Å². The highest BCUT2D eigenvalue weighted by atomic mass is 16.5. The molecule has 0 saturated heterocycles. The molecule has 1 N–H and O–H groups in total. The van der Waals surface area contributed by atoms with Crippen LogP contribution in [0.15, 0.2) is 30.0 Å². The van der Waals surface area contributed by atoms with Gasteiger partial charge in [0, 0.05) is 11.6 Å². The number of nitriles is 1. The van der Waals surface area contributed by atoms with Crippen molar-refractivity contribution in [2.75, 3.05) is 13.2 Å². The molecule has 2 aliphatic rings. The van der Waals surface area contributed by atoms with Gasteiger partial charge in [-0.3, -0.25) is 4.79 Å². The smallest absolute Gasteiger partial charge is 0.251 e. The Hall–Kier alpha value is -2.52. The SMILES string of the molecule is CCOC1=CC(=O)N(C2c3cc(C#N)ccc3O[C@@H](C)[C@@H]2O)C1. The fourth-order valence-electron chi connectivity index (χ4n) is 3.04. The van der Waals surface area contributed by atoms with Crippen LogP contribution in [-0.4, -0.2) is 41.3 Å². The van der Waals surface area contributed by atoms with Crippen molar-refractivity contribution >= 4 is 5.91 Å². The second-order valence-corrected chi connectivity index (χ2v) is 5.63. The molecule has 1 aromatic carbocycles. The quantitative estimate of drug-likeness (QED) is 0.914. The number of ether oxygens (including phenoxy) is 2. The lowest BCUT2D eigenvalue weighted by atomic mass is 9.91. The fourth-order valence-corrected chi connectivity index (χ4v) is 3.04. The number of carbonyl (C=O) groups excluding carboxylic acids is 1. The third-order valence-electron chi connectivity index (χ3n) is 4.13. The normalized spacial score (nSPS) is 26.2. The summed E-state index contributed by atoms with van der Waals surface area (Å²) in [7, 11) is 0. The Bertz CT molecular complexity index is 707. The van der Waals surface area contributed by atoms with E-state index < -0.39 is 18.2 Å². The zero-order chi connectivity index (χ0) is 16.6. The van der Waals surface area contributed by atoms with E-state index in [0.29, 0.717) is 35.8 Å². The first-order chi connectivity index (χ1) is 11.0. The first kappa shape index (κ1) is 15.4. The monoisotopic (exact) mass is 314 g/mol. The molecule has 0 aromatic heterocycles. The first-order valence-corrected chi connectivity index (χ1v) is 7.58. The van der Waals surface area contributed by atoms with Crippen LogP contribution in [0.25, 0.3) is 0 Å². The van der Waals surface area contributed by atoms with E-state index in [0.717, 1.165) is 0 Å². The minimum atomic E-state index is -0.880. The molecule has 6 heteroatoms. The van der Waals surface area contributed by atoms with Crippen molar-refractivity contribution in [3.63, 3.8) is 0 Å². The summed E-state index contributed by atoms with van der Waals surface area (Å²) in [6, 6.07) is 6.55. The van der Waals surface area contributed by atoms with Gasteiger partial charge in [-0.05, 0) is 32.0 Å². The minimum absolute atomic E-state index is 0.208. The number of amides is 1. The van der Waals surface area contributed by atoms with Crippen LogP contribution in [-0.2, 0) is 9.53 Å². The number of rotatable bonds is 3. The highest BCUT2D eigenvalue weighted by Gasteiger charge is 2.42. The average molecular weight is 314 g/mol. The van der Waals surface area contributed by atoms with Crippen LogP contribution in [0.5, 0.6) is 5.75 Å². The van der Waals surface area contributed by atoms with Crippen LogP contribution in [0.4, 0.5) is 0 Å². The topological polar surface area (TPSA) is 82.8 Å². The van der Waals surface area contributed by atoms with E-state index in [9.17, 15) is 9.90 Å². The van der Waals surface area contributed by atoms with Crippen molar-refractivity contribution < 1.29 is 19.4 Å². The molecule has 3 rings (SSSR count). The summed E-state index contributed by atoms with van der Waals surface area (Å²) in [5.41, 5.74) is 1.11. The van der Waals surface area contributed by atoms with Crippen LogP contribution >= 0.6 is 0 Å². The molecule has 2 heterocycles. The van der Waals surface area contributed by atoms with Gasteiger partial charge in [0.2, 0.25) is 0 Å². The number of carbonyl (C=O) groups is 1. The van der Waals surface area contributed by atoms with Gasteiger partial charge in [-0.25, -0.2) is 0 Å². The van der Waals surface area contributed by atoms with Gasteiger partial charge < -0.3 is 19.5 Å². The summed E-state index contributed by atoms with van der Waals surface area (Å²) in [4.78, 5) is 13.9. The van der Waals surface area contributed by atoms with Crippen molar-refractivity contribution in [2.24, 2.45) is 0 Å². The van der Waals surface area contributed by atoms with Crippen molar-refractivity contribution in [1.29, 1.82) is 5.26 Å². The molecule has 0 spiro atoms. The zero-order valence-electron chi connectivity index (χ0n) is 13.0. The van der Waals surface area contributed by atoms with E-state index in [1.54, 1.807) is 30.0 Å². The summed E-state index contributed by atoms with van der Waals surface area (Å²) in [5, 5.41) is 19.7. The zero-order valence-corrected chi connectivity index (χ0v) is 13.0. The van der Waals surface area contributed by atoms with Gasteiger partial charge in [0.05, 0.1) is 30.8 Å². The van der Waals surface area contributed by atoms with Crippen LogP contribution < -0.4 is 4.74 Å². The van der Waals surface area contributed by atoms with Gasteiger partial charge in [0.15, 0.2) is 0 Å². The molecule has 0 radical (unpaired) electrons. The molecular weight excluding hydrogens is 296 g/mol. The van der Waals surface area contributed by atoms with E-state index in [4.69, 9.17) is 14.7 Å². The van der Waals surface area contributed by atoms with Crippen molar-refractivity contribution in [1.82, 2.24) is 4.90 Å². The van der Waals surface area contributed by atoms with Crippen molar-refractivity contribution in [2.45, 2.75) is 32.1 Å². The van der Waals surface area contributed by atoms with Crippen LogP contribution in [0.3, 0.4) is 0 Å². The minimum Gasteiger partial charge on any atom is -0.496 e. The highest BCUT2D eigenvalue weighted by molar-refractivity contribution is 5.91. The average Bonchev–Trinajstić information content (AvgIpc) is 2.89. The molecule has 0 saturated carbocycles. The van der Waals surface area contributed by atoms with Gasteiger partial charge in [-0.2, -0.15) is 5.26 Å². The Morgan fingerprint density at radius 3 is 3.00 bits per heavy atom. The lowest BCUT2D eigenvalue weighted by molar-refractivity contribution is -0.132. The van der Waals surface area contributed by atoms with Gasteiger partial charge in [0.1, 0.15) is 23.7 Å². The van der Waals surface area contributed by atoms with Crippen LogP contribution in [0.2, 0.25) is 0 Å². The predicted molar refractivity (Wildman–Crippen MR) is 81.4 cm³/mol. The second kappa shape index (κ2) is 5.94. The third-order valence-corrected chi connectivity index (χ3v) is 4.13. The summed E-state index contributed by atoms with van der Waals surface area (Å²) in [6.07, 6.45) is 0.114. The maximum Gasteiger partial charge on any atom is 0.251 e. The fraction of sp³-hybridized carbons (Fsp3) is 0.412. The Kier molecular flexibility index (Phi) is 3.97. The summed E-state index contributed by atoms with van der Waals surface area (Å²) < 4.78 is 11.1. The van der Waals surface area contributed by atoms with E-state index in [-0.39, 0.29) is 5.91 Å². The number of fused-ring (bicyclic) bond motifs is 1. The number of hydrogen-bond donors (Lipinski definition) is 1. The molecular formula is C17H18N2O4. The Morgan fingerprint density at radius 2 is 2.30 bits per heavy atom. The van der Waals surface area contributed by atoms with E-state index in [2.05, 4.69) is 6.07 Å². The Labute approximate surface area is 134 Å². The second-order valence-electron chi connectivity index (χ2n) is 5.63. The molecule has 1 aromatic rings. The Morgan fingerprint density at radius 1 is 1.52 bits per heavy atom. The maximum absolute atomic E-state index is 12.3. The van der Waals surface area contributed by atoms with E-state index in [1.807, 2.05) is 6.92 Å². The molecule has 120 valence electrons. The highest BCUT2D eigenvalue weighted by Crippen LogP contribution is 2.40. The summed E-state index contributed by atoms with van der Waals surface area (Å²) in [5.74, 6) is 0.964. The molecule has 23 heavy (non-hydrogen) atoms. The summed E-state index contributed by atoms with van der Waals surface area (Å²) >= 11 is 0. The van der Waals surface area contributed by atoms with Crippen LogP contribution in [0.1, 0.15) is 31.0 Å². The van der Waals surface area contributed by atoms with Gasteiger partial charge in [-0.15, -0.1) is 0 Å². The molecule has 0 aliphatic carbocycles. The third kappa shape index (κ3) is 2.64. The van der Waals surface area contributed by atoms with E-state index in [1.165, 1.54) is 6.08 Å². The van der Waals surface area contributed by atoms with Gasteiger partial charge in [0.25, 0.3) is 5.91 Å². The van der Waals surface area contributed by atoms with Crippen LogP contribution in [0, 0.1) is 11.3 Å². The van der Waals surface area contributed by atoms with E-state index >= 15 is 0 Å². The first-order valence-electron chi connectivity index (χ1n) is 7.58. The number of aliphatic hydroxyl groups is 1. The molecule has 1 unspecified atom stereocenters. The standard InChI is InChI=1S/C17H18N2O4/c1-3-22-12-7-15(20)19(9-12)16-13-6-11(8-18)4-5-14(13)23-10(2)17(16)21/h4-7,10,16-17,21H,3,9H2,1-2H3/t10-,16?,17-/m0/s1. The molecule has 0 bridgehead atoms. The summed E-state index contributed by atoms with van der Waals surface area (Å²) in [6.45, 7) is 4.40. The molecule has 6 nitrogen and oxygen atoms in total. The van der Waals surface area contributed by atoms with Crippen molar-refractivity contribution in [3.05, 3.63) is 41.2 Å². The predicted octanol–water partition coefficient (Wildman–Crippen LogP) is 1.50. The molecule has 1 amide bonds. The maximum atomic E-state index is 12.3. The number of aliphatic hydroxyl groups excluding tert-OH is 1. The largest absolute Gasteiger partial charge is 0.496 e.